The second-order valence-corrected chi connectivity index (χ2v) is 20.5. The molecule has 0 heterocycles. The Bertz CT molecular complexity index is 952. The van der Waals surface area contributed by atoms with E-state index in [-0.39, 0.29) is 5.97 Å². The van der Waals surface area contributed by atoms with Crippen molar-refractivity contribution < 1.29 is 9.53 Å². The van der Waals surface area contributed by atoms with Gasteiger partial charge in [0, 0.05) is 6.42 Å². The van der Waals surface area contributed by atoms with Crippen LogP contribution in [0.4, 0.5) is 0 Å². The summed E-state index contributed by atoms with van der Waals surface area (Å²) < 4.78 is 5.53. The minimum Gasteiger partial charge on any atom is -0.466 e. The molecule has 0 aromatic heterocycles. The number of hydrogen-bond donors (Lipinski definition) is 0. The number of nitrogens with zero attached hydrogens (tertiary/aromatic N) is 1. The van der Waals surface area contributed by atoms with E-state index < -0.39 is 0 Å². The maximum atomic E-state index is 12.3. The van der Waals surface area contributed by atoms with Crippen molar-refractivity contribution in [3.05, 3.63) is 23.3 Å². The summed E-state index contributed by atoms with van der Waals surface area (Å²) in [5.41, 5.74) is 3.46. The molecule has 3 heteroatoms. The SMILES string of the molecule is CCCCCCCCCCCCCCCCCCC(=CCCCC(=O)OCCCCN(C)C)CCCCCCCC=C(CCCCCCCCCC)CCCCCCCCCCC. The molecule has 0 atom stereocenters. The highest BCUT2D eigenvalue weighted by molar-refractivity contribution is 5.69. The van der Waals surface area contributed by atoms with Gasteiger partial charge in [-0.2, -0.15) is 0 Å². The van der Waals surface area contributed by atoms with Crippen LogP contribution in [-0.4, -0.2) is 38.1 Å². The van der Waals surface area contributed by atoms with Crippen molar-refractivity contribution in [2.45, 2.75) is 329 Å². The highest BCUT2D eigenvalue weighted by Gasteiger charge is 2.05. The van der Waals surface area contributed by atoms with Gasteiger partial charge in [-0.15, -0.1) is 0 Å². The highest BCUT2D eigenvalue weighted by Crippen LogP contribution is 2.23. The first kappa shape index (κ1) is 61.9. The van der Waals surface area contributed by atoms with Gasteiger partial charge in [-0.3, -0.25) is 4.79 Å². The van der Waals surface area contributed by atoms with Gasteiger partial charge in [-0.05, 0) is 111 Å². The quantitative estimate of drug-likeness (QED) is 0.0346. The van der Waals surface area contributed by atoms with Gasteiger partial charge in [0.1, 0.15) is 0 Å². The molecule has 0 aliphatic carbocycles. The fourth-order valence-corrected chi connectivity index (χ4v) is 9.38. The summed E-state index contributed by atoms with van der Waals surface area (Å²) >= 11 is 0. The fraction of sp³-hybridized carbons (Fsp3) is 0.917. The van der Waals surface area contributed by atoms with Gasteiger partial charge in [0.15, 0.2) is 0 Å². The Kier molecular flexibility index (Phi) is 52.6. The van der Waals surface area contributed by atoms with Crippen molar-refractivity contribution in [2.24, 2.45) is 0 Å². The van der Waals surface area contributed by atoms with Crippen LogP contribution in [0.3, 0.4) is 0 Å². The molecule has 0 spiro atoms. The fourth-order valence-electron chi connectivity index (χ4n) is 9.38. The maximum absolute atomic E-state index is 12.3. The molecule has 0 N–H and O–H groups in total. The summed E-state index contributed by atoms with van der Waals surface area (Å²) in [4.78, 5) is 14.5. The zero-order valence-electron chi connectivity index (χ0n) is 44.3. The zero-order chi connectivity index (χ0) is 45.8. The lowest BCUT2D eigenvalue weighted by molar-refractivity contribution is -0.143. The summed E-state index contributed by atoms with van der Waals surface area (Å²) in [6.45, 7) is 8.58. The number of ether oxygens (including phenoxy) is 1. The lowest BCUT2D eigenvalue weighted by Gasteiger charge is -2.10. The molecule has 0 amide bonds. The van der Waals surface area contributed by atoms with Crippen molar-refractivity contribution in [3.63, 3.8) is 0 Å². The van der Waals surface area contributed by atoms with E-state index in [1.54, 1.807) is 11.1 Å². The smallest absolute Gasteiger partial charge is 0.305 e. The van der Waals surface area contributed by atoms with Crippen LogP contribution in [0.1, 0.15) is 329 Å². The Balaban J connectivity index is 4.59. The van der Waals surface area contributed by atoms with Crippen LogP contribution in [0.25, 0.3) is 0 Å². The molecular formula is C60H117NO2. The first-order valence-corrected chi connectivity index (χ1v) is 29.2. The molecule has 0 radical (unpaired) electrons. The highest BCUT2D eigenvalue weighted by atomic mass is 16.5. The van der Waals surface area contributed by atoms with Gasteiger partial charge in [-0.25, -0.2) is 0 Å². The molecule has 0 aromatic carbocycles. The third-order valence-corrected chi connectivity index (χ3v) is 13.7. The van der Waals surface area contributed by atoms with Crippen LogP contribution in [-0.2, 0) is 9.53 Å². The van der Waals surface area contributed by atoms with Crippen molar-refractivity contribution in [3.8, 4) is 0 Å². The molecule has 3 nitrogen and oxygen atoms in total. The van der Waals surface area contributed by atoms with Crippen LogP contribution in [0.2, 0.25) is 0 Å². The molecule has 0 aliphatic heterocycles. The number of hydrogen-bond acceptors (Lipinski definition) is 3. The first-order chi connectivity index (χ1) is 31.0. The average molecular weight is 885 g/mol. The minimum atomic E-state index is -0.00811. The van der Waals surface area contributed by atoms with Crippen LogP contribution in [0, 0.1) is 0 Å². The number of allylic oxidation sites excluding steroid dienone is 4. The largest absolute Gasteiger partial charge is 0.466 e. The molecule has 0 saturated carbocycles. The Labute approximate surface area is 398 Å². The van der Waals surface area contributed by atoms with E-state index in [4.69, 9.17) is 4.74 Å². The lowest BCUT2D eigenvalue weighted by Crippen LogP contribution is -2.14. The third-order valence-electron chi connectivity index (χ3n) is 13.7. The summed E-state index contributed by atoms with van der Waals surface area (Å²) in [6, 6.07) is 0. The number of carbonyl (C=O) groups is 1. The van der Waals surface area contributed by atoms with E-state index >= 15 is 0 Å². The summed E-state index contributed by atoms with van der Waals surface area (Å²) in [5.74, 6) is -0.00811. The summed E-state index contributed by atoms with van der Waals surface area (Å²) in [6.07, 6.45) is 70.2. The van der Waals surface area contributed by atoms with E-state index in [1.165, 1.54) is 276 Å². The number of esters is 1. The van der Waals surface area contributed by atoms with Gasteiger partial charge in [0.25, 0.3) is 0 Å². The second kappa shape index (κ2) is 53.5. The summed E-state index contributed by atoms with van der Waals surface area (Å²) in [7, 11) is 4.20. The Morgan fingerprint density at radius 2 is 0.619 bits per heavy atom. The van der Waals surface area contributed by atoms with Crippen molar-refractivity contribution >= 4 is 5.97 Å². The molecule has 374 valence electrons. The Morgan fingerprint density at radius 1 is 0.333 bits per heavy atom. The number of rotatable bonds is 53. The van der Waals surface area contributed by atoms with Gasteiger partial charge < -0.3 is 9.64 Å². The normalized spacial score (nSPS) is 12.3. The van der Waals surface area contributed by atoms with E-state index in [1.807, 2.05) is 0 Å². The Hall–Kier alpha value is -1.09. The zero-order valence-corrected chi connectivity index (χ0v) is 44.3. The second-order valence-electron chi connectivity index (χ2n) is 20.5. The van der Waals surface area contributed by atoms with E-state index in [0.717, 1.165) is 32.2 Å². The van der Waals surface area contributed by atoms with Gasteiger partial charge >= 0.3 is 5.97 Å². The molecule has 63 heavy (non-hydrogen) atoms. The third kappa shape index (κ3) is 51.8. The predicted molar refractivity (Wildman–Crippen MR) is 284 cm³/mol. The monoisotopic (exact) mass is 884 g/mol. The van der Waals surface area contributed by atoms with Gasteiger partial charge in [0.05, 0.1) is 6.61 Å². The molecular weight excluding hydrogens is 767 g/mol. The first-order valence-electron chi connectivity index (χ1n) is 29.2. The maximum Gasteiger partial charge on any atom is 0.305 e. The Morgan fingerprint density at radius 3 is 0.937 bits per heavy atom. The molecule has 0 bridgehead atoms. The van der Waals surface area contributed by atoms with Crippen LogP contribution in [0.5, 0.6) is 0 Å². The van der Waals surface area contributed by atoms with E-state index in [9.17, 15) is 4.79 Å². The lowest BCUT2D eigenvalue weighted by atomic mass is 9.97. The standard InChI is InChI=1S/C60H117NO2/c1-6-9-12-15-18-21-22-23-24-25-26-27-29-32-37-42-52-59(54-45-46-55-60(62)63-57-48-47-56-61(4)5)53-44-39-34-33-38-43-51-58(49-40-35-30-20-17-14-11-8-3)50-41-36-31-28-19-16-13-10-7-2/h51,54H,6-50,52-53,55-57H2,1-5H3. The number of unbranched alkanes of at least 4 members (excludes halogenated alkanes) is 37. The average Bonchev–Trinajstić information content (AvgIpc) is 3.27. The van der Waals surface area contributed by atoms with Crippen LogP contribution >= 0.6 is 0 Å². The van der Waals surface area contributed by atoms with E-state index in [2.05, 4.69) is 51.9 Å². The van der Waals surface area contributed by atoms with Gasteiger partial charge in [0.2, 0.25) is 0 Å². The van der Waals surface area contributed by atoms with Gasteiger partial charge in [-0.1, -0.05) is 256 Å². The van der Waals surface area contributed by atoms with Crippen molar-refractivity contribution in [2.75, 3.05) is 27.2 Å². The van der Waals surface area contributed by atoms with Crippen LogP contribution < -0.4 is 0 Å². The molecule has 0 aliphatic rings. The molecule has 0 aromatic rings. The van der Waals surface area contributed by atoms with Crippen LogP contribution in [0.15, 0.2) is 23.3 Å². The molecule has 0 saturated heterocycles. The molecule has 0 fully saturated rings. The predicted octanol–water partition coefficient (Wildman–Crippen LogP) is 20.7. The van der Waals surface area contributed by atoms with Crippen molar-refractivity contribution in [1.82, 2.24) is 4.90 Å². The topological polar surface area (TPSA) is 29.5 Å². The minimum absolute atomic E-state index is 0.00811. The summed E-state index contributed by atoms with van der Waals surface area (Å²) in [5, 5.41) is 0. The molecule has 0 unspecified atom stereocenters. The molecule has 0 rings (SSSR count). The van der Waals surface area contributed by atoms with Crippen molar-refractivity contribution in [1.29, 1.82) is 0 Å². The van der Waals surface area contributed by atoms with E-state index in [0.29, 0.717) is 13.0 Å². The number of carbonyl (C=O) groups excluding carboxylic acids is 1.